The van der Waals surface area contributed by atoms with Crippen LogP contribution in [-0.2, 0) is 14.3 Å². The van der Waals surface area contributed by atoms with Crippen molar-refractivity contribution < 1.29 is 19.4 Å². The van der Waals surface area contributed by atoms with Gasteiger partial charge in [-0.2, -0.15) is 0 Å². The first-order valence-corrected chi connectivity index (χ1v) is 12.9. The second-order valence-corrected chi connectivity index (χ2v) is 10.3. The number of rotatable bonds is 7. The van der Waals surface area contributed by atoms with Gasteiger partial charge in [-0.1, -0.05) is 36.4 Å². The van der Waals surface area contributed by atoms with Crippen molar-refractivity contribution in [2.75, 3.05) is 19.0 Å². The number of thiophene rings is 1. The Morgan fingerprint density at radius 3 is 2.26 bits per heavy atom. The lowest BCUT2D eigenvalue weighted by Crippen LogP contribution is -2.12. The summed E-state index contributed by atoms with van der Waals surface area (Å²) < 4.78 is 6.97. The highest BCUT2D eigenvalue weighted by Gasteiger charge is 2.32. The highest BCUT2D eigenvalue weighted by atomic mass is 32.1. The number of carbonyl (C=O) groups is 2. The van der Waals surface area contributed by atoms with E-state index < -0.39 is 12.0 Å². The summed E-state index contributed by atoms with van der Waals surface area (Å²) in [7, 11) is 1.37. The molecule has 0 spiro atoms. The fourth-order valence-electron chi connectivity index (χ4n) is 4.54. The molecule has 10 heteroatoms. The number of nitrogens with one attached hydrogen (secondary N) is 1. The fraction of sp³-hybridized carbons (Fsp3) is 0.250. The Morgan fingerprint density at radius 1 is 1.00 bits per heavy atom. The van der Waals surface area contributed by atoms with Crippen LogP contribution in [0.2, 0.25) is 0 Å². The van der Waals surface area contributed by atoms with Crippen molar-refractivity contribution >= 4 is 34.7 Å². The van der Waals surface area contributed by atoms with Gasteiger partial charge in [0.25, 0.3) is 0 Å². The Hall–Kier alpha value is -4.31. The van der Waals surface area contributed by atoms with E-state index >= 15 is 0 Å². The fourth-order valence-corrected chi connectivity index (χ4v) is 5.76. The third kappa shape index (κ3) is 4.70. The molecule has 2 aromatic carbocycles. The van der Waals surface area contributed by atoms with E-state index in [1.54, 1.807) is 11.3 Å². The van der Waals surface area contributed by atoms with Gasteiger partial charge < -0.3 is 15.2 Å². The first-order chi connectivity index (χ1) is 18.3. The van der Waals surface area contributed by atoms with Crippen molar-refractivity contribution in [3.8, 4) is 16.1 Å². The van der Waals surface area contributed by atoms with Crippen molar-refractivity contribution in [1.82, 2.24) is 14.8 Å². The molecule has 0 radical (unpaired) electrons. The minimum Gasteiger partial charge on any atom is -0.480 e. The summed E-state index contributed by atoms with van der Waals surface area (Å²) in [5.74, 6) is 0.0956. The molecule has 4 aromatic rings. The summed E-state index contributed by atoms with van der Waals surface area (Å²) >= 11 is 1.67. The topological polar surface area (TPSA) is 119 Å². The monoisotopic (exact) mass is 529 g/mol. The van der Waals surface area contributed by atoms with Crippen molar-refractivity contribution in [1.29, 1.82) is 0 Å². The molecular formula is C28H27N5O4S. The zero-order valence-corrected chi connectivity index (χ0v) is 22.3. The average Bonchev–Trinajstić information content (AvgIpc) is 3.39. The molecule has 0 unspecified atom stereocenters. The molecule has 9 nitrogen and oxygen atoms in total. The lowest BCUT2D eigenvalue weighted by Gasteiger charge is -2.12. The molecule has 0 saturated carbocycles. The number of hydrogen-bond donors (Lipinski definition) is 2. The maximum Gasteiger partial charge on any atom is 0.322 e. The van der Waals surface area contributed by atoms with Crippen LogP contribution in [-0.4, -0.2) is 51.2 Å². The third-order valence-corrected chi connectivity index (χ3v) is 7.84. The molecular weight excluding hydrogens is 502 g/mol. The maximum absolute atomic E-state index is 12.3. The number of esters is 1. The number of nitrogens with zero attached hydrogens (tertiary/aromatic N) is 4. The van der Waals surface area contributed by atoms with E-state index in [2.05, 4.69) is 29.4 Å². The molecule has 0 aliphatic carbocycles. The van der Waals surface area contributed by atoms with Crippen molar-refractivity contribution in [2.24, 2.45) is 4.99 Å². The number of aromatic nitrogens is 3. The SMILES string of the molecule is COC(=O)C[C@@H]1N=C(c2ccc(-c3ccc(NCC(=O)O)cc3)cc2)c2c(sc(C)c2C)-n2c(C)nnc21. The van der Waals surface area contributed by atoms with E-state index in [1.165, 1.54) is 12.0 Å². The number of hydrogen-bond acceptors (Lipinski definition) is 8. The Kier molecular flexibility index (Phi) is 6.81. The molecule has 1 aliphatic rings. The number of ether oxygens (including phenoxy) is 1. The van der Waals surface area contributed by atoms with E-state index in [0.717, 1.165) is 50.0 Å². The molecule has 0 amide bonds. The Morgan fingerprint density at radius 2 is 1.63 bits per heavy atom. The molecule has 38 heavy (non-hydrogen) atoms. The van der Waals surface area contributed by atoms with Crippen LogP contribution in [0.25, 0.3) is 16.1 Å². The highest BCUT2D eigenvalue weighted by molar-refractivity contribution is 7.15. The van der Waals surface area contributed by atoms with Gasteiger partial charge in [-0.3, -0.25) is 19.1 Å². The Bertz CT molecular complexity index is 1550. The number of methoxy groups -OCH3 is 1. The summed E-state index contributed by atoms with van der Waals surface area (Å²) in [6.45, 7) is 5.96. The Balaban J connectivity index is 1.55. The predicted octanol–water partition coefficient (Wildman–Crippen LogP) is 4.87. The van der Waals surface area contributed by atoms with Crippen molar-refractivity contribution in [3.05, 3.63) is 81.7 Å². The molecule has 0 fully saturated rings. The number of carboxylic acids is 1. The number of carboxylic acid groups (broad SMARTS) is 1. The van der Waals surface area contributed by atoms with Gasteiger partial charge >= 0.3 is 11.9 Å². The summed E-state index contributed by atoms with van der Waals surface area (Å²) in [6, 6.07) is 15.2. The van der Waals surface area contributed by atoms with E-state index in [9.17, 15) is 9.59 Å². The van der Waals surface area contributed by atoms with E-state index in [-0.39, 0.29) is 18.9 Å². The van der Waals surface area contributed by atoms with Crippen LogP contribution in [0, 0.1) is 20.8 Å². The van der Waals surface area contributed by atoms with Crippen LogP contribution in [0.5, 0.6) is 0 Å². The van der Waals surface area contributed by atoms with Gasteiger partial charge in [0.15, 0.2) is 5.82 Å². The third-order valence-electron chi connectivity index (χ3n) is 6.65. The smallest absolute Gasteiger partial charge is 0.322 e. The lowest BCUT2D eigenvalue weighted by molar-refractivity contribution is -0.141. The highest BCUT2D eigenvalue weighted by Crippen LogP contribution is 2.39. The molecule has 2 N–H and O–H groups in total. The number of benzene rings is 2. The number of fused-ring (bicyclic) bond motifs is 3. The summed E-state index contributed by atoms with van der Waals surface area (Å²) in [5, 5.41) is 21.4. The van der Waals surface area contributed by atoms with E-state index in [0.29, 0.717) is 5.82 Å². The lowest BCUT2D eigenvalue weighted by atomic mass is 9.97. The van der Waals surface area contributed by atoms with Crippen LogP contribution in [0.4, 0.5) is 5.69 Å². The summed E-state index contributed by atoms with van der Waals surface area (Å²) in [4.78, 5) is 29.4. The molecule has 0 saturated heterocycles. The number of aryl methyl sites for hydroxylation is 2. The molecule has 5 rings (SSSR count). The quantitative estimate of drug-likeness (QED) is 0.328. The van der Waals surface area contributed by atoms with Crippen LogP contribution in [0.3, 0.4) is 0 Å². The van der Waals surface area contributed by atoms with Gasteiger partial charge in [0.05, 0.1) is 19.2 Å². The van der Waals surface area contributed by atoms with Crippen LogP contribution >= 0.6 is 11.3 Å². The van der Waals surface area contributed by atoms with Gasteiger partial charge in [0.2, 0.25) is 0 Å². The van der Waals surface area contributed by atoms with Gasteiger partial charge in [-0.25, -0.2) is 0 Å². The molecule has 0 bridgehead atoms. The van der Waals surface area contributed by atoms with Crippen LogP contribution in [0.1, 0.15) is 45.7 Å². The van der Waals surface area contributed by atoms with Crippen LogP contribution < -0.4 is 5.32 Å². The molecule has 1 atom stereocenters. The molecule has 1 aliphatic heterocycles. The number of aliphatic carboxylic acids is 1. The second-order valence-electron chi connectivity index (χ2n) is 9.08. The predicted molar refractivity (Wildman–Crippen MR) is 146 cm³/mol. The minimum absolute atomic E-state index is 0.0610. The van der Waals surface area contributed by atoms with Gasteiger partial charge in [0.1, 0.15) is 23.4 Å². The zero-order valence-electron chi connectivity index (χ0n) is 21.5. The first kappa shape index (κ1) is 25.3. The van der Waals surface area contributed by atoms with E-state index in [4.69, 9.17) is 14.8 Å². The van der Waals surface area contributed by atoms with Crippen LogP contribution in [0.15, 0.2) is 53.5 Å². The first-order valence-electron chi connectivity index (χ1n) is 12.1. The van der Waals surface area contributed by atoms with Gasteiger partial charge in [0, 0.05) is 21.7 Å². The molecule has 2 aromatic heterocycles. The molecule has 3 heterocycles. The minimum atomic E-state index is -0.908. The maximum atomic E-state index is 12.3. The summed E-state index contributed by atoms with van der Waals surface area (Å²) in [5.41, 5.74) is 6.66. The summed E-state index contributed by atoms with van der Waals surface area (Å²) in [6.07, 6.45) is 0.0610. The number of anilines is 1. The number of carbonyl (C=O) groups excluding carboxylic acids is 1. The second kappa shape index (κ2) is 10.2. The largest absolute Gasteiger partial charge is 0.480 e. The van der Waals surface area contributed by atoms with E-state index in [1.807, 2.05) is 60.0 Å². The number of aliphatic imine (C=N–C) groups is 1. The van der Waals surface area contributed by atoms with Crippen molar-refractivity contribution in [2.45, 2.75) is 33.2 Å². The normalized spacial score (nSPS) is 14.2. The molecule has 194 valence electrons. The van der Waals surface area contributed by atoms with Crippen molar-refractivity contribution in [3.63, 3.8) is 0 Å². The van der Waals surface area contributed by atoms with Gasteiger partial charge in [-0.05, 0) is 49.6 Å². The standard InChI is InChI=1S/C28H27N5O4S/c1-15-16(2)38-28-25(15)26(30-22(13-24(36)37-4)27-32-31-17(3)33(27)28)20-7-5-18(6-8-20)19-9-11-21(12-10-19)29-14-23(34)35/h5-12,22,29H,13-14H2,1-4H3,(H,34,35)/t22-/m0/s1. The average molecular weight is 530 g/mol. The Labute approximate surface area is 223 Å². The van der Waals surface area contributed by atoms with Gasteiger partial charge in [-0.15, -0.1) is 21.5 Å². The zero-order chi connectivity index (χ0) is 27.0.